The van der Waals surface area contributed by atoms with Gasteiger partial charge < -0.3 is 30.7 Å². The number of nitrogens with one attached hydrogen (secondary N) is 2. The molecule has 0 aliphatic heterocycles. The van der Waals surface area contributed by atoms with Gasteiger partial charge >= 0.3 is 11.9 Å². The van der Waals surface area contributed by atoms with Gasteiger partial charge in [0, 0.05) is 38.6 Å². The first kappa shape index (κ1) is 33.0. The number of hydrogen-bond donors (Lipinski definition) is 3. The van der Waals surface area contributed by atoms with Gasteiger partial charge in [-0.2, -0.15) is 0 Å². The maximum absolute atomic E-state index is 12.7. The summed E-state index contributed by atoms with van der Waals surface area (Å²) in [7, 11) is 1.60. The smallest absolute Gasteiger partial charge is 0.328 e. The molecule has 0 saturated carbocycles. The molecule has 0 rings (SSSR count). The van der Waals surface area contributed by atoms with E-state index >= 15 is 0 Å². The summed E-state index contributed by atoms with van der Waals surface area (Å²) < 4.78 is 9.86. The van der Waals surface area contributed by atoms with Crippen molar-refractivity contribution in [2.75, 3.05) is 33.4 Å². The Morgan fingerprint density at radius 1 is 1.03 bits per heavy atom. The van der Waals surface area contributed by atoms with Gasteiger partial charge in [0.05, 0.1) is 19.3 Å². The molecule has 0 bridgehead atoms. The molecule has 0 radical (unpaired) electrons. The quantitative estimate of drug-likeness (QED) is 0.167. The second-order valence-electron chi connectivity index (χ2n) is 9.52. The van der Waals surface area contributed by atoms with Crippen LogP contribution in [-0.2, 0) is 33.4 Å². The molecule has 0 heterocycles. The molecule has 0 aromatic rings. The molecule has 36 heavy (non-hydrogen) atoms. The van der Waals surface area contributed by atoms with Crippen molar-refractivity contribution in [1.29, 1.82) is 0 Å². The molecule has 0 fully saturated rings. The van der Waals surface area contributed by atoms with E-state index < -0.39 is 29.4 Å². The summed E-state index contributed by atoms with van der Waals surface area (Å²) in [5, 5.41) is 5.28. The van der Waals surface area contributed by atoms with E-state index in [1.165, 1.54) is 4.90 Å². The Kier molecular flexibility index (Phi) is 15.3. The first-order valence-corrected chi connectivity index (χ1v) is 12.3. The Morgan fingerprint density at radius 3 is 2.19 bits per heavy atom. The van der Waals surface area contributed by atoms with Crippen molar-refractivity contribution >= 4 is 29.7 Å². The molecule has 2 unspecified atom stereocenters. The van der Waals surface area contributed by atoms with Crippen LogP contribution in [-0.4, -0.2) is 80.0 Å². The Hall–Kier alpha value is -2.95. The lowest BCUT2D eigenvalue weighted by Crippen LogP contribution is -2.49. The highest BCUT2D eigenvalue weighted by molar-refractivity contribution is 5.96. The van der Waals surface area contributed by atoms with Gasteiger partial charge in [0.2, 0.25) is 17.7 Å². The van der Waals surface area contributed by atoms with Crippen molar-refractivity contribution in [2.24, 2.45) is 11.1 Å². The molecule has 11 heteroatoms. The Bertz CT molecular complexity index is 790. The maximum atomic E-state index is 12.7. The monoisotopic (exact) mass is 512 g/mol. The number of likely N-dealkylation sites (N-methyl/N-ethyl adjacent to an activating group) is 1. The maximum Gasteiger partial charge on any atom is 0.328 e. The van der Waals surface area contributed by atoms with Crippen molar-refractivity contribution in [3.05, 3.63) is 11.6 Å². The molecule has 0 aromatic carbocycles. The molecule has 0 aliphatic rings. The van der Waals surface area contributed by atoms with Crippen LogP contribution >= 0.6 is 0 Å². The topological polar surface area (TPSA) is 157 Å². The second-order valence-corrected chi connectivity index (χ2v) is 9.52. The standard InChI is InChI=1S/C25H44N4O7/c1-8-35-20(31)11-10-15-27-19(30)13-12-18(24(34)36-9-2)28-22(32)17(3)14-16-29(7)23(33)21(26)25(4,5)6/h14,18,21H,8-13,15-16,26H2,1-7H3,(H,27,30)(H,28,32)/b17-14+. The van der Waals surface area contributed by atoms with Gasteiger partial charge in [0.25, 0.3) is 0 Å². The molecule has 2 atom stereocenters. The summed E-state index contributed by atoms with van der Waals surface area (Å²) in [6, 6.07) is -1.70. The van der Waals surface area contributed by atoms with Crippen molar-refractivity contribution in [3.8, 4) is 0 Å². The fourth-order valence-corrected chi connectivity index (χ4v) is 2.89. The van der Waals surface area contributed by atoms with Gasteiger partial charge in [-0.25, -0.2) is 4.79 Å². The minimum Gasteiger partial charge on any atom is -0.466 e. The van der Waals surface area contributed by atoms with E-state index in [1.807, 2.05) is 20.8 Å². The Labute approximate surface area is 214 Å². The predicted octanol–water partition coefficient (Wildman–Crippen LogP) is 1.05. The number of nitrogens with two attached hydrogens (primary N) is 1. The number of carbonyl (C=O) groups is 5. The van der Waals surface area contributed by atoms with Crippen LogP contribution in [0.2, 0.25) is 0 Å². The third kappa shape index (κ3) is 13.2. The van der Waals surface area contributed by atoms with Gasteiger partial charge in [0.1, 0.15) is 6.04 Å². The van der Waals surface area contributed by atoms with Crippen LogP contribution in [0.3, 0.4) is 0 Å². The number of ether oxygens (including phenoxy) is 2. The third-order valence-corrected chi connectivity index (χ3v) is 5.33. The summed E-state index contributed by atoms with van der Waals surface area (Å²) in [6.07, 6.45) is 2.23. The van der Waals surface area contributed by atoms with E-state index in [4.69, 9.17) is 15.2 Å². The summed E-state index contributed by atoms with van der Waals surface area (Å²) in [4.78, 5) is 62.3. The minimum absolute atomic E-state index is 0.0200. The zero-order valence-corrected chi connectivity index (χ0v) is 22.8. The van der Waals surface area contributed by atoms with Crippen LogP contribution in [0, 0.1) is 5.41 Å². The average molecular weight is 513 g/mol. The molecule has 3 amide bonds. The van der Waals surface area contributed by atoms with Crippen LogP contribution in [0.5, 0.6) is 0 Å². The molecule has 0 spiro atoms. The van der Waals surface area contributed by atoms with Crippen LogP contribution in [0.1, 0.15) is 67.2 Å². The summed E-state index contributed by atoms with van der Waals surface area (Å²) in [5.41, 5.74) is 5.92. The van der Waals surface area contributed by atoms with Gasteiger partial charge in [-0.05, 0) is 39.0 Å². The molecule has 0 aliphatic carbocycles. The fourth-order valence-electron chi connectivity index (χ4n) is 2.89. The first-order chi connectivity index (χ1) is 16.7. The van der Waals surface area contributed by atoms with Crippen LogP contribution < -0.4 is 16.4 Å². The highest BCUT2D eigenvalue weighted by Gasteiger charge is 2.29. The van der Waals surface area contributed by atoms with Gasteiger partial charge in [-0.3, -0.25) is 19.2 Å². The van der Waals surface area contributed by atoms with Crippen LogP contribution in [0.4, 0.5) is 0 Å². The third-order valence-electron chi connectivity index (χ3n) is 5.33. The number of amides is 3. The Balaban J connectivity index is 4.88. The van der Waals surface area contributed by atoms with E-state index in [2.05, 4.69) is 10.6 Å². The molecule has 0 saturated heterocycles. The number of hydrogen-bond acceptors (Lipinski definition) is 8. The fraction of sp³-hybridized carbons (Fsp3) is 0.720. The van der Waals surface area contributed by atoms with E-state index in [-0.39, 0.29) is 50.2 Å². The van der Waals surface area contributed by atoms with Crippen molar-refractivity contribution < 1.29 is 33.4 Å². The summed E-state index contributed by atoms with van der Waals surface area (Å²) in [5.74, 6) is -2.04. The highest BCUT2D eigenvalue weighted by Crippen LogP contribution is 2.18. The van der Waals surface area contributed by atoms with E-state index in [1.54, 1.807) is 33.9 Å². The van der Waals surface area contributed by atoms with E-state index in [0.717, 1.165) is 0 Å². The van der Waals surface area contributed by atoms with Gasteiger partial charge in [-0.1, -0.05) is 26.8 Å². The lowest BCUT2D eigenvalue weighted by molar-refractivity contribution is -0.147. The van der Waals surface area contributed by atoms with Crippen molar-refractivity contribution in [2.45, 2.75) is 79.3 Å². The molecule has 4 N–H and O–H groups in total. The molecular formula is C25H44N4O7. The lowest BCUT2D eigenvalue weighted by atomic mass is 9.86. The summed E-state index contributed by atoms with van der Waals surface area (Å²) in [6.45, 7) is 11.4. The minimum atomic E-state index is -1.01. The molecule has 206 valence electrons. The molecular weight excluding hydrogens is 468 g/mol. The Morgan fingerprint density at radius 2 is 1.64 bits per heavy atom. The normalized spacial score (nSPS) is 13.3. The van der Waals surface area contributed by atoms with Crippen molar-refractivity contribution in [3.63, 3.8) is 0 Å². The number of rotatable bonds is 15. The van der Waals surface area contributed by atoms with Gasteiger partial charge in [-0.15, -0.1) is 0 Å². The zero-order valence-electron chi connectivity index (χ0n) is 22.8. The van der Waals surface area contributed by atoms with Crippen LogP contribution in [0.25, 0.3) is 0 Å². The lowest BCUT2D eigenvalue weighted by Gasteiger charge is -2.29. The molecule has 11 nitrogen and oxygen atoms in total. The SMILES string of the molecule is CCOC(=O)CCCNC(=O)CCC(NC(=O)/C(C)=C/CN(C)C(=O)C(N)C(C)(C)C)C(=O)OCC. The average Bonchev–Trinajstić information content (AvgIpc) is 2.81. The number of esters is 2. The highest BCUT2D eigenvalue weighted by atomic mass is 16.5. The predicted molar refractivity (Wildman–Crippen MR) is 135 cm³/mol. The summed E-state index contributed by atoms with van der Waals surface area (Å²) >= 11 is 0. The first-order valence-electron chi connectivity index (χ1n) is 12.3. The van der Waals surface area contributed by atoms with Gasteiger partial charge in [0.15, 0.2) is 0 Å². The zero-order chi connectivity index (χ0) is 27.9. The number of nitrogens with zero attached hydrogens (tertiary/aromatic N) is 1. The molecule has 0 aromatic heterocycles. The largest absolute Gasteiger partial charge is 0.466 e. The van der Waals surface area contributed by atoms with E-state index in [0.29, 0.717) is 25.1 Å². The second kappa shape index (κ2) is 16.7. The number of carbonyl (C=O) groups excluding carboxylic acids is 5. The van der Waals surface area contributed by atoms with Crippen LogP contribution in [0.15, 0.2) is 11.6 Å². The van der Waals surface area contributed by atoms with Crippen molar-refractivity contribution in [1.82, 2.24) is 15.5 Å². The van der Waals surface area contributed by atoms with E-state index in [9.17, 15) is 24.0 Å².